The van der Waals surface area contributed by atoms with E-state index >= 15 is 0 Å². The molecule has 0 bridgehead atoms. The summed E-state index contributed by atoms with van der Waals surface area (Å²) in [4.78, 5) is 4.03. The van der Waals surface area contributed by atoms with Crippen LogP contribution >= 0.6 is 11.6 Å². The fraction of sp³-hybridized carbons (Fsp3) is 0.182. The number of hydrogen-bond acceptors (Lipinski definition) is 6. The van der Waals surface area contributed by atoms with E-state index in [9.17, 15) is 9.50 Å². The van der Waals surface area contributed by atoms with Gasteiger partial charge in [0.05, 0.1) is 32.0 Å². The molecule has 160 valence electrons. The van der Waals surface area contributed by atoms with Crippen molar-refractivity contribution >= 4 is 22.5 Å². The van der Waals surface area contributed by atoms with Crippen molar-refractivity contribution in [3.63, 3.8) is 0 Å². The van der Waals surface area contributed by atoms with E-state index in [1.807, 2.05) is 12.1 Å². The molecule has 9 heteroatoms. The van der Waals surface area contributed by atoms with Gasteiger partial charge in [-0.25, -0.2) is 14.1 Å². The summed E-state index contributed by atoms with van der Waals surface area (Å²) < 4.78 is 32.6. The van der Waals surface area contributed by atoms with Crippen molar-refractivity contribution < 1.29 is 23.7 Å². The molecule has 4 rings (SSSR count). The molecule has 0 atom stereocenters. The topological polar surface area (TPSA) is 78.6 Å². The van der Waals surface area contributed by atoms with Crippen molar-refractivity contribution in [3.8, 4) is 22.9 Å². The summed E-state index contributed by atoms with van der Waals surface area (Å²) in [6.45, 7) is -0.134. The maximum absolute atomic E-state index is 14.9. The summed E-state index contributed by atoms with van der Waals surface area (Å²) in [5.74, 6) is 0.520. The van der Waals surface area contributed by atoms with E-state index < -0.39 is 5.82 Å². The van der Waals surface area contributed by atoms with Crippen LogP contribution < -0.4 is 14.2 Å². The van der Waals surface area contributed by atoms with Gasteiger partial charge in [-0.1, -0.05) is 23.7 Å². The molecule has 0 aliphatic rings. The van der Waals surface area contributed by atoms with E-state index in [2.05, 4.69) is 10.1 Å². The number of nitrogens with zero attached hydrogens (tertiary/aromatic N) is 3. The smallest absolute Gasteiger partial charge is 0.167 e. The number of methoxy groups -OCH3 is 2. The molecule has 0 unspecified atom stereocenters. The van der Waals surface area contributed by atoms with Crippen molar-refractivity contribution in [1.82, 2.24) is 14.8 Å². The molecule has 0 fully saturated rings. The monoisotopic (exact) mass is 443 g/mol. The molecule has 0 radical (unpaired) electrons. The standard InChI is InChI=1S/C22H19ClFN3O4/c1-29-14-5-3-13(4-6-14)12-31-20-9-21(30-2)19(7-16(20)24)27-18-8-22(23)25-10-15(18)17(11-28)26-27/h3-10,28H,11-12H2,1-2H3. The summed E-state index contributed by atoms with van der Waals surface area (Å²) in [5.41, 5.74) is 2.15. The second-order valence-corrected chi connectivity index (χ2v) is 7.02. The molecule has 0 amide bonds. The van der Waals surface area contributed by atoms with Crippen molar-refractivity contribution in [2.75, 3.05) is 14.2 Å². The number of aromatic nitrogens is 3. The van der Waals surface area contributed by atoms with Gasteiger partial charge < -0.3 is 19.3 Å². The molecule has 0 aliphatic heterocycles. The molecule has 2 aromatic heterocycles. The molecular weight excluding hydrogens is 425 g/mol. The lowest BCUT2D eigenvalue weighted by Gasteiger charge is -2.14. The Hall–Kier alpha value is -3.36. The minimum Gasteiger partial charge on any atom is -0.497 e. The Morgan fingerprint density at radius 3 is 2.52 bits per heavy atom. The van der Waals surface area contributed by atoms with Crippen LogP contribution in [0.1, 0.15) is 11.3 Å². The van der Waals surface area contributed by atoms with Gasteiger partial charge in [0.15, 0.2) is 11.6 Å². The first-order valence-corrected chi connectivity index (χ1v) is 9.69. The van der Waals surface area contributed by atoms with E-state index in [-0.39, 0.29) is 24.1 Å². The molecule has 1 N–H and O–H groups in total. The number of halogens is 2. The van der Waals surface area contributed by atoms with Crippen LogP contribution in [0.5, 0.6) is 17.2 Å². The number of aliphatic hydroxyl groups excluding tert-OH is 1. The first-order valence-electron chi connectivity index (χ1n) is 9.31. The average molecular weight is 444 g/mol. The number of ether oxygens (including phenoxy) is 3. The molecule has 31 heavy (non-hydrogen) atoms. The molecule has 4 aromatic rings. The molecule has 2 heterocycles. The molecule has 0 spiro atoms. The number of rotatable bonds is 7. The molecule has 0 saturated heterocycles. The van der Waals surface area contributed by atoms with Crippen molar-refractivity contribution in [2.24, 2.45) is 0 Å². The third kappa shape index (κ3) is 4.12. The normalized spacial score (nSPS) is 11.0. The Morgan fingerprint density at radius 2 is 1.84 bits per heavy atom. The minimum absolute atomic E-state index is 0.0370. The molecule has 0 aliphatic carbocycles. The summed E-state index contributed by atoms with van der Waals surface area (Å²) >= 11 is 6.03. The van der Waals surface area contributed by atoms with Crippen molar-refractivity contribution in [3.05, 3.63) is 70.9 Å². The van der Waals surface area contributed by atoms with Crippen LogP contribution in [-0.2, 0) is 13.2 Å². The van der Waals surface area contributed by atoms with Gasteiger partial charge in [-0.05, 0) is 17.7 Å². The zero-order chi connectivity index (χ0) is 22.0. The average Bonchev–Trinajstić information content (AvgIpc) is 3.16. The number of fused-ring (bicyclic) bond motifs is 1. The quantitative estimate of drug-likeness (QED) is 0.429. The SMILES string of the molecule is COc1ccc(COc2cc(OC)c(-n3nc(CO)c4cnc(Cl)cc43)cc2F)cc1. The Bertz CT molecular complexity index is 1230. The predicted octanol–water partition coefficient (Wildman–Crippen LogP) is 4.30. The third-order valence-corrected chi connectivity index (χ3v) is 4.98. The van der Waals surface area contributed by atoms with Gasteiger partial charge in [-0.3, -0.25) is 0 Å². The highest BCUT2D eigenvalue weighted by Crippen LogP contribution is 2.34. The predicted molar refractivity (Wildman–Crippen MR) is 114 cm³/mol. The highest BCUT2D eigenvalue weighted by molar-refractivity contribution is 6.30. The number of pyridine rings is 1. The van der Waals surface area contributed by atoms with E-state index in [1.54, 1.807) is 25.3 Å². The zero-order valence-corrected chi connectivity index (χ0v) is 17.6. The zero-order valence-electron chi connectivity index (χ0n) is 16.8. The molecule has 2 aromatic carbocycles. The summed E-state index contributed by atoms with van der Waals surface area (Å²) in [6.07, 6.45) is 1.52. The number of hydrogen-bond donors (Lipinski definition) is 1. The lowest BCUT2D eigenvalue weighted by molar-refractivity contribution is 0.277. The van der Waals surface area contributed by atoms with Gasteiger partial charge in [0, 0.05) is 29.8 Å². The van der Waals surface area contributed by atoms with Crippen LogP contribution in [0, 0.1) is 5.82 Å². The second-order valence-electron chi connectivity index (χ2n) is 6.63. The van der Waals surface area contributed by atoms with Gasteiger partial charge >= 0.3 is 0 Å². The van der Waals surface area contributed by atoms with Crippen LogP contribution in [0.3, 0.4) is 0 Å². The third-order valence-electron chi connectivity index (χ3n) is 4.77. The Balaban J connectivity index is 1.70. The molecule has 0 saturated carbocycles. The summed E-state index contributed by atoms with van der Waals surface area (Å²) in [7, 11) is 3.06. The maximum Gasteiger partial charge on any atom is 0.167 e. The highest BCUT2D eigenvalue weighted by atomic mass is 35.5. The first-order chi connectivity index (χ1) is 15.0. The van der Waals surface area contributed by atoms with Gasteiger partial charge in [0.25, 0.3) is 0 Å². The maximum atomic E-state index is 14.9. The Morgan fingerprint density at radius 1 is 1.06 bits per heavy atom. The van der Waals surface area contributed by atoms with Crippen LogP contribution in [0.4, 0.5) is 4.39 Å². The number of benzene rings is 2. The minimum atomic E-state index is -0.585. The molecule has 7 nitrogen and oxygen atoms in total. The largest absolute Gasteiger partial charge is 0.497 e. The first kappa shape index (κ1) is 20.9. The van der Waals surface area contributed by atoms with Crippen LogP contribution in [-0.4, -0.2) is 34.1 Å². The van der Waals surface area contributed by atoms with Crippen LogP contribution in [0.15, 0.2) is 48.7 Å². The second kappa shape index (κ2) is 8.79. The van der Waals surface area contributed by atoms with Crippen molar-refractivity contribution in [2.45, 2.75) is 13.2 Å². The fourth-order valence-electron chi connectivity index (χ4n) is 3.19. The summed E-state index contributed by atoms with van der Waals surface area (Å²) in [6, 6.07) is 11.6. The van der Waals surface area contributed by atoms with Gasteiger partial charge in [0.2, 0.25) is 0 Å². The van der Waals surface area contributed by atoms with E-state index in [4.69, 9.17) is 25.8 Å². The Kier molecular flexibility index (Phi) is 5.92. The van der Waals surface area contributed by atoms with E-state index in [1.165, 1.54) is 30.1 Å². The number of aliphatic hydroxyl groups is 1. The Labute approximate surface area is 182 Å². The highest BCUT2D eigenvalue weighted by Gasteiger charge is 2.19. The van der Waals surface area contributed by atoms with E-state index in [0.29, 0.717) is 28.0 Å². The molecular formula is C22H19ClFN3O4. The van der Waals surface area contributed by atoms with Crippen LogP contribution in [0.2, 0.25) is 5.15 Å². The van der Waals surface area contributed by atoms with Gasteiger partial charge in [-0.15, -0.1) is 0 Å². The summed E-state index contributed by atoms with van der Waals surface area (Å²) in [5, 5.41) is 14.9. The van der Waals surface area contributed by atoms with Gasteiger partial charge in [-0.2, -0.15) is 5.10 Å². The lowest BCUT2D eigenvalue weighted by Crippen LogP contribution is -2.04. The van der Waals surface area contributed by atoms with Gasteiger partial charge in [0.1, 0.15) is 28.9 Å². The lowest BCUT2D eigenvalue weighted by atomic mass is 10.2. The fourth-order valence-corrected chi connectivity index (χ4v) is 3.35. The van der Waals surface area contributed by atoms with Crippen molar-refractivity contribution in [1.29, 1.82) is 0 Å². The van der Waals surface area contributed by atoms with Crippen LogP contribution in [0.25, 0.3) is 16.6 Å². The van der Waals surface area contributed by atoms with E-state index in [0.717, 1.165) is 11.3 Å².